The van der Waals surface area contributed by atoms with Crippen molar-refractivity contribution in [3.8, 4) is 0 Å². The molecule has 1 unspecified atom stereocenters. The van der Waals surface area contributed by atoms with Gasteiger partial charge in [-0.15, -0.1) is 0 Å². The molecule has 0 fully saturated rings. The zero-order valence-electron chi connectivity index (χ0n) is 13.8. The van der Waals surface area contributed by atoms with Crippen LogP contribution < -0.4 is 5.32 Å². The minimum absolute atomic E-state index is 0.231. The Morgan fingerprint density at radius 3 is 2.43 bits per heavy atom. The summed E-state index contributed by atoms with van der Waals surface area (Å²) in [6.07, 6.45) is 0. The largest absolute Gasteiger partial charge is 0.382 e. The lowest BCUT2D eigenvalue weighted by molar-refractivity contribution is 0.0193. The average molecular weight is 295 g/mol. The van der Waals surface area contributed by atoms with Crippen molar-refractivity contribution >= 4 is 0 Å². The molecule has 4 nitrogen and oxygen atoms in total. The summed E-state index contributed by atoms with van der Waals surface area (Å²) in [5, 5.41) is 3.48. The van der Waals surface area contributed by atoms with Crippen molar-refractivity contribution in [1.82, 2.24) is 5.32 Å². The standard InChI is InChI=1S/C17H29NO3/c1-5-18-17(13-21-11-10-20-9-8-19-4)16-7-6-14(2)12-15(16)3/h6-7,12,17-18H,5,8-11,13H2,1-4H3. The summed E-state index contributed by atoms with van der Waals surface area (Å²) in [7, 11) is 1.67. The second-order valence-electron chi connectivity index (χ2n) is 5.15. The highest BCUT2D eigenvalue weighted by Gasteiger charge is 2.12. The van der Waals surface area contributed by atoms with Crippen molar-refractivity contribution in [3.05, 3.63) is 34.9 Å². The number of aryl methyl sites for hydroxylation is 2. The molecular weight excluding hydrogens is 266 g/mol. The van der Waals surface area contributed by atoms with Gasteiger partial charge in [0.1, 0.15) is 0 Å². The molecule has 0 spiro atoms. The average Bonchev–Trinajstić information content (AvgIpc) is 2.45. The molecule has 1 aromatic rings. The lowest BCUT2D eigenvalue weighted by Gasteiger charge is -2.21. The highest BCUT2D eigenvalue weighted by Crippen LogP contribution is 2.19. The van der Waals surface area contributed by atoms with E-state index in [0.29, 0.717) is 33.0 Å². The Labute approximate surface area is 128 Å². The molecule has 1 N–H and O–H groups in total. The Morgan fingerprint density at radius 1 is 1.05 bits per heavy atom. The highest BCUT2D eigenvalue weighted by atomic mass is 16.5. The van der Waals surface area contributed by atoms with Crippen LogP contribution in [0.4, 0.5) is 0 Å². The lowest BCUT2D eigenvalue weighted by Crippen LogP contribution is -2.26. The van der Waals surface area contributed by atoms with E-state index in [-0.39, 0.29) is 6.04 Å². The molecule has 0 heterocycles. The van der Waals surface area contributed by atoms with Gasteiger partial charge in [-0.05, 0) is 31.5 Å². The van der Waals surface area contributed by atoms with Gasteiger partial charge in [0.05, 0.1) is 39.1 Å². The molecule has 120 valence electrons. The second kappa shape index (κ2) is 10.7. The normalized spacial score (nSPS) is 12.6. The van der Waals surface area contributed by atoms with Gasteiger partial charge in [0.2, 0.25) is 0 Å². The first-order chi connectivity index (χ1) is 10.2. The molecule has 21 heavy (non-hydrogen) atoms. The van der Waals surface area contributed by atoms with E-state index < -0.39 is 0 Å². The minimum atomic E-state index is 0.231. The number of rotatable bonds is 11. The highest BCUT2D eigenvalue weighted by molar-refractivity contribution is 5.32. The van der Waals surface area contributed by atoms with Crippen molar-refractivity contribution in [2.45, 2.75) is 26.8 Å². The molecule has 0 aliphatic heterocycles. The van der Waals surface area contributed by atoms with Gasteiger partial charge < -0.3 is 19.5 Å². The van der Waals surface area contributed by atoms with Crippen LogP contribution in [-0.4, -0.2) is 46.7 Å². The van der Waals surface area contributed by atoms with Crippen LogP contribution in [0.2, 0.25) is 0 Å². The third kappa shape index (κ3) is 7.05. The van der Waals surface area contributed by atoms with E-state index in [9.17, 15) is 0 Å². The fraction of sp³-hybridized carbons (Fsp3) is 0.647. The van der Waals surface area contributed by atoms with Crippen molar-refractivity contribution < 1.29 is 14.2 Å². The molecule has 0 aromatic heterocycles. The fourth-order valence-electron chi connectivity index (χ4n) is 2.29. The van der Waals surface area contributed by atoms with Crippen LogP contribution in [0, 0.1) is 13.8 Å². The molecule has 0 aliphatic carbocycles. The number of ether oxygens (including phenoxy) is 3. The van der Waals surface area contributed by atoms with Crippen LogP contribution in [-0.2, 0) is 14.2 Å². The Bertz CT molecular complexity index is 396. The van der Waals surface area contributed by atoms with E-state index >= 15 is 0 Å². The maximum atomic E-state index is 5.74. The Hall–Kier alpha value is -0.940. The number of hydrogen-bond donors (Lipinski definition) is 1. The third-order valence-electron chi connectivity index (χ3n) is 3.34. The van der Waals surface area contributed by atoms with Crippen LogP contribution in [0.3, 0.4) is 0 Å². The van der Waals surface area contributed by atoms with Gasteiger partial charge in [-0.25, -0.2) is 0 Å². The SMILES string of the molecule is CCNC(COCCOCCOC)c1ccc(C)cc1C. The molecule has 0 aliphatic rings. The zero-order valence-corrected chi connectivity index (χ0v) is 13.8. The van der Waals surface area contributed by atoms with Crippen LogP contribution >= 0.6 is 0 Å². The van der Waals surface area contributed by atoms with Crippen LogP contribution in [0.25, 0.3) is 0 Å². The molecule has 1 rings (SSSR count). The third-order valence-corrected chi connectivity index (χ3v) is 3.34. The number of likely N-dealkylation sites (N-methyl/N-ethyl adjacent to an activating group) is 1. The summed E-state index contributed by atoms with van der Waals surface area (Å²) in [5.74, 6) is 0. The molecule has 0 bridgehead atoms. The predicted octanol–water partition coefficient (Wildman–Crippen LogP) is 2.63. The number of benzene rings is 1. The first kappa shape index (κ1) is 18.1. The van der Waals surface area contributed by atoms with Gasteiger partial charge >= 0.3 is 0 Å². The molecule has 1 atom stereocenters. The molecule has 0 saturated heterocycles. The van der Waals surface area contributed by atoms with E-state index in [0.717, 1.165) is 6.54 Å². The summed E-state index contributed by atoms with van der Waals surface area (Å²) >= 11 is 0. The van der Waals surface area contributed by atoms with Crippen molar-refractivity contribution in [1.29, 1.82) is 0 Å². The minimum Gasteiger partial charge on any atom is -0.382 e. The van der Waals surface area contributed by atoms with Crippen molar-refractivity contribution in [3.63, 3.8) is 0 Å². The Balaban J connectivity index is 2.39. The van der Waals surface area contributed by atoms with Gasteiger partial charge in [-0.3, -0.25) is 0 Å². The van der Waals surface area contributed by atoms with Gasteiger partial charge in [-0.2, -0.15) is 0 Å². The molecule has 0 amide bonds. The summed E-state index contributed by atoms with van der Waals surface area (Å²) in [6.45, 7) is 10.4. The lowest BCUT2D eigenvalue weighted by atomic mass is 9.99. The second-order valence-corrected chi connectivity index (χ2v) is 5.15. The summed E-state index contributed by atoms with van der Waals surface area (Å²) in [4.78, 5) is 0. The molecular formula is C17H29NO3. The topological polar surface area (TPSA) is 39.7 Å². The van der Waals surface area contributed by atoms with Crippen molar-refractivity contribution in [2.75, 3.05) is 46.7 Å². The zero-order chi connectivity index (χ0) is 15.5. The summed E-state index contributed by atoms with van der Waals surface area (Å²) < 4.78 is 16.1. The predicted molar refractivity (Wildman–Crippen MR) is 85.8 cm³/mol. The number of hydrogen-bond acceptors (Lipinski definition) is 4. The van der Waals surface area contributed by atoms with Crippen LogP contribution in [0.1, 0.15) is 29.7 Å². The molecule has 4 heteroatoms. The molecule has 0 saturated carbocycles. The first-order valence-corrected chi connectivity index (χ1v) is 7.64. The molecule has 0 radical (unpaired) electrons. The summed E-state index contributed by atoms with van der Waals surface area (Å²) in [6, 6.07) is 6.79. The Kier molecular flexibility index (Phi) is 9.26. The monoisotopic (exact) mass is 295 g/mol. The van der Waals surface area contributed by atoms with Crippen LogP contribution in [0.5, 0.6) is 0 Å². The maximum absolute atomic E-state index is 5.74. The van der Waals surface area contributed by atoms with Gasteiger partial charge in [0.25, 0.3) is 0 Å². The van der Waals surface area contributed by atoms with Gasteiger partial charge in [0, 0.05) is 7.11 Å². The van der Waals surface area contributed by atoms with Gasteiger partial charge in [0.15, 0.2) is 0 Å². The van der Waals surface area contributed by atoms with E-state index in [1.807, 2.05) is 0 Å². The van der Waals surface area contributed by atoms with E-state index in [1.54, 1.807) is 7.11 Å². The maximum Gasteiger partial charge on any atom is 0.0701 e. The van der Waals surface area contributed by atoms with Crippen LogP contribution in [0.15, 0.2) is 18.2 Å². The number of methoxy groups -OCH3 is 1. The van der Waals surface area contributed by atoms with E-state index in [1.165, 1.54) is 16.7 Å². The fourth-order valence-corrected chi connectivity index (χ4v) is 2.29. The smallest absolute Gasteiger partial charge is 0.0701 e. The quantitative estimate of drug-likeness (QED) is 0.637. The van der Waals surface area contributed by atoms with Gasteiger partial charge in [-0.1, -0.05) is 30.7 Å². The van der Waals surface area contributed by atoms with E-state index in [4.69, 9.17) is 14.2 Å². The van der Waals surface area contributed by atoms with E-state index in [2.05, 4.69) is 44.3 Å². The number of nitrogens with one attached hydrogen (secondary N) is 1. The summed E-state index contributed by atoms with van der Waals surface area (Å²) in [5.41, 5.74) is 3.91. The Morgan fingerprint density at radius 2 is 1.76 bits per heavy atom. The first-order valence-electron chi connectivity index (χ1n) is 7.64. The molecule has 1 aromatic carbocycles. The van der Waals surface area contributed by atoms with Crippen molar-refractivity contribution in [2.24, 2.45) is 0 Å².